The smallest absolute Gasteiger partial charge is 0.249 e. The van der Waals surface area contributed by atoms with Gasteiger partial charge in [0.05, 0.1) is 11.7 Å². The summed E-state index contributed by atoms with van der Waals surface area (Å²) in [5, 5.41) is 0. The maximum Gasteiger partial charge on any atom is 0.249 e. The molecule has 0 saturated carbocycles. The van der Waals surface area contributed by atoms with E-state index in [1.807, 2.05) is 29.2 Å². The van der Waals surface area contributed by atoms with Crippen molar-refractivity contribution in [1.82, 2.24) is 4.90 Å². The maximum absolute atomic E-state index is 15.3. The third-order valence-corrected chi connectivity index (χ3v) is 6.29. The second kappa shape index (κ2) is 5.92. The van der Waals surface area contributed by atoms with Crippen LogP contribution in [0.15, 0.2) is 43.0 Å². The zero-order chi connectivity index (χ0) is 19.6. The largest absolute Gasteiger partial charge is 0.366 e. The summed E-state index contributed by atoms with van der Waals surface area (Å²) in [4.78, 5) is 27.7. The number of nitrogens with zero attached hydrogens (tertiary/aromatic N) is 2. The Bertz CT molecular complexity index is 1050. The van der Waals surface area contributed by atoms with Gasteiger partial charge in [0.2, 0.25) is 11.8 Å². The summed E-state index contributed by atoms with van der Waals surface area (Å²) in [5.74, 6) is -0.805. The minimum absolute atomic E-state index is 0.0769. The van der Waals surface area contributed by atoms with Gasteiger partial charge in [-0.25, -0.2) is 4.39 Å². The number of hydrogen-bond donors (Lipinski definition) is 1. The average Bonchev–Trinajstić information content (AvgIpc) is 3.20. The molecule has 0 bridgehead atoms. The number of amides is 2. The number of halogens is 1. The van der Waals surface area contributed by atoms with Crippen LogP contribution in [0.5, 0.6) is 0 Å². The molecule has 2 aromatic carbocycles. The molecule has 5 nitrogen and oxygen atoms in total. The highest BCUT2D eigenvalue weighted by molar-refractivity contribution is 6.01. The van der Waals surface area contributed by atoms with E-state index < -0.39 is 11.7 Å². The second-order valence-electron chi connectivity index (χ2n) is 7.73. The van der Waals surface area contributed by atoms with Crippen molar-refractivity contribution in [3.63, 3.8) is 0 Å². The Hall–Kier alpha value is -3.15. The highest BCUT2D eigenvalue weighted by atomic mass is 19.1. The third-order valence-electron chi connectivity index (χ3n) is 6.29. The van der Waals surface area contributed by atoms with E-state index in [2.05, 4.69) is 6.58 Å². The summed E-state index contributed by atoms with van der Waals surface area (Å²) in [7, 11) is 0. The fourth-order valence-corrected chi connectivity index (χ4v) is 4.98. The molecule has 2 aromatic rings. The number of nitrogens with two attached hydrogens (primary N) is 1. The van der Waals surface area contributed by atoms with Crippen LogP contribution in [0.2, 0.25) is 0 Å². The summed E-state index contributed by atoms with van der Waals surface area (Å²) in [6, 6.07) is 9.18. The third kappa shape index (κ3) is 2.24. The molecule has 5 rings (SSSR count). The lowest BCUT2D eigenvalue weighted by Crippen LogP contribution is -2.57. The number of rotatable bonds is 3. The van der Waals surface area contributed by atoms with E-state index in [1.165, 1.54) is 12.1 Å². The predicted octanol–water partition coefficient (Wildman–Crippen LogP) is 2.33. The molecule has 0 radical (unpaired) electrons. The average molecular weight is 377 g/mol. The fraction of sp³-hybridized carbons (Fsp3) is 0.273. The highest BCUT2D eigenvalue weighted by Crippen LogP contribution is 2.47. The predicted molar refractivity (Wildman–Crippen MR) is 105 cm³/mol. The van der Waals surface area contributed by atoms with Crippen molar-refractivity contribution >= 4 is 17.5 Å². The van der Waals surface area contributed by atoms with Crippen molar-refractivity contribution in [1.29, 1.82) is 0 Å². The Labute approximate surface area is 162 Å². The number of hydrogen-bond acceptors (Lipinski definition) is 3. The van der Waals surface area contributed by atoms with Crippen molar-refractivity contribution in [3.05, 3.63) is 65.5 Å². The first-order chi connectivity index (χ1) is 13.5. The SMILES string of the molecule is C=CC(=O)N1CC2CN(c3c(F)cc(C(N)=O)c4c3-c3ccccc3C4)CC21. The summed E-state index contributed by atoms with van der Waals surface area (Å²) < 4.78 is 15.3. The van der Waals surface area contributed by atoms with E-state index in [9.17, 15) is 9.59 Å². The topological polar surface area (TPSA) is 66.6 Å². The van der Waals surface area contributed by atoms with E-state index >= 15 is 4.39 Å². The molecule has 2 N–H and O–H groups in total. The Morgan fingerprint density at radius 3 is 2.75 bits per heavy atom. The lowest BCUT2D eigenvalue weighted by Gasteiger charge is -2.42. The quantitative estimate of drug-likeness (QED) is 0.713. The van der Waals surface area contributed by atoms with E-state index in [1.54, 1.807) is 4.90 Å². The molecule has 2 unspecified atom stereocenters. The number of fused-ring (bicyclic) bond motifs is 4. The summed E-state index contributed by atoms with van der Waals surface area (Å²) >= 11 is 0. The Morgan fingerprint density at radius 1 is 1.21 bits per heavy atom. The number of benzene rings is 2. The molecule has 2 fully saturated rings. The molecule has 142 valence electrons. The van der Waals surface area contributed by atoms with Gasteiger partial charge in [-0.3, -0.25) is 9.59 Å². The van der Waals surface area contributed by atoms with Crippen LogP contribution in [0.25, 0.3) is 11.1 Å². The monoisotopic (exact) mass is 377 g/mol. The molecule has 1 aliphatic carbocycles. The van der Waals surface area contributed by atoms with Gasteiger partial charge in [-0.2, -0.15) is 0 Å². The zero-order valence-electron chi connectivity index (χ0n) is 15.3. The highest BCUT2D eigenvalue weighted by Gasteiger charge is 2.48. The normalized spacial score (nSPS) is 21.6. The van der Waals surface area contributed by atoms with Gasteiger partial charge in [0.1, 0.15) is 5.82 Å². The van der Waals surface area contributed by atoms with Crippen LogP contribution < -0.4 is 10.6 Å². The van der Waals surface area contributed by atoms with E-state index in [4.69, 9.17) is 5.73 Å². The van der Waals surface area contributed by atoms with Gasteiger partial charge in [-0.15, -0.1) is 0 Å². The number of primary amides is 1. The zero-order valence-corrected chi connectivity index (χ0v) is 15.3. The summed E-state index contributed by atoms with van der Waals surface area (Å²) in [6.45, 7) is 5.49. The first-order valence-electron chi connectivity index (χ1n) is 9.41. The lowest BCUT2D eigenvalue weighted by atomic mass is 9.92. The summed E-state index contributed by atoms with van der Waals surface area (Å²) in [6.07, 6.45) is 1.90. The van der Waals surface area contributed by atoms with Gasteiger partial charge in [-0.1, -0.05) is 30.8 Å². The molecule has 28 heavy (non-hydrogen) atoms. The van der Waals surface area contributed by atoms with Crippen LogP contribution in [-0.2, 0) is 11.2 Å². The number of carbonyl (C=O) groups excluding carboxylic acids is 2. The first-order valence-corrected chi connectivity index (χ1v) is 9.41. The van der Waals surface area contributed by atoms with Crippen molar-refractivity contribution in [2.45, 2.75) is 12.5 Å². The van der Waals surface area contributed by atoms with E-state index in [0.717, 1.165) is 22.3 Å². The van der Waals surface area contributed by atoms with Crippen LogP contribution in [0, 0.1) is 11.7 Å². The van der Waals surface area contributed by atoms with E-state index in [-0.39, 0.29) is 17.5 Å². The Morgan fingerprint density at radius 2 is 2.00 bits per heavy atom. The van der Waals surface area contributed by atoms with Crippen LogP contribution in [0.3, 0.4) is 0 Å². The van der Waals surface area contributed by atoms with Gasteiger partial charge < -0.3 is 15.5 Å². The van der Waals surface area contributed by atoms with Crippen molar-refractivity contribution in [3.8, 4) is 11.1 Å². The fourth-order valence-electron chi connectivity index (χ4n) is 4.98. The molecule has 6 heteroatoms. The first kappa shape index (κ1) is 17.0. The molecular formula is C22H20FN3O2. The van der Waals surface area contributed by atoms with Gasteiger partial charge in [0.25, 0.3) is 0 Å². The van der Waals surface area contributed by atoms with Gasteiger partial charge in [0.15, 0.2) is 0 Å². The van der Waals surface area contributed by atoms with Crippen molar-refractivity contribution in [2.24, 2.45) is 11.7 Å². The van der Waals surface area contributed by atoms with Crippen LogP contribution in [0.4, 0.5) is 10.1 Å². The molecule has 0 spiro atoms. The minimum Gasteiger partial charge on any atom is -0.366 e. The summed E-state index contributed by atoms with van der Waals surface area (Å²) in [5.41, 5.74) is 9.89. The lowest BCUT2D eigenvalue weighted by molar-refractivity contribution is -0.135. The maximum atomic E-state index is 15.3. The minimum atomic E-state index is -0.612. The molecule has 3 aliphatic rings. The second-order valence-corrected chi connectivity index (χ2v) is 7.73. The van der Waals surface area contributed by atoms with Crippen LogP contribution >= 0.6 is 0 Å². The van der Waals surface area contributed by atoms with Crippen molar-refractivity contribution < 1.29 is 14.0 Å². The van der Waals surface area contributed by atoms with Crippen LogP contribution in [-0.4, -0.2) is 42.4 Å². The van der Waals surface area contributed by atoms with E-state index in [0.29, 0.717) is 37.7 Å². The molecule has 2 atom stereocenters. The number of likely N-dealkylation sites (tertiary alicyclic amines) is 1. The number of carbonyl (C=O) groups is 2. The molecule has 2 aliphatic heterocycles. The number of anilines is 1. The van der Waals surface area contributed by atoms with Gasteiger partial charge >= 0.3 is 0 Å². The van der Waals surface area contributed by atoms with Gasteiger partial charge in [0, 0.05) is 36.7 Å². The Balaban J connectivity index is 1.61. The molecule has 0 aromatic heterocycles. The molecule has 2 amide bonds. The van der Waals surface area contributed by atoms with Crippen molar-refractivity contribution in [2.75, 3.05) is 24.5 Å². The molecule has 2 heterocycles. The Kier molecular flexibility index (Phi) is 3.59. The van der Waals surface area contributed by atoms with Crippen LogP contribution in [0.1, 0.15) is 21.5 Å². The van der Waals surface area contributed by atoms with Gasteiger partial charge in [-0.05, 0) is 35.3 Å². The molecule has 2 saturated heterocycles. The molecular weight excluding hydrogens is 357 g/mol. The standard InChI is InChI=1S/C22H20FN3O2/c1-2-19(27)26-10-13-9-25(11-18(13)26)21-17(23)8-16(22(24)28)15-7-12-5-3-4-6-14(12)20(15)21/h2-6,8,13,18H,1,7,9-11H2,(H2,24,28).